The molecular formula is C25H26F2N4O4. The molecule has 0 N–H and O–H groups in total. The summed E-state index contributed by atoms with van der Waals surface area (Å²) >= 11 is 0. The zero-order valence-corrected chi connectivity index (χ0v) is 19.8. The molecule has 2 heterocycles. The fraction of sp³-hybridized carbons (Fsp3) is 0.360. The molecular weight excluding hydrogens is 458 g/mol. The first-order valence-corrected chi connectivity index (χ1v) is 11.4. The number of carbonyl (C=O) groups excluding carboxylic acids is 2. The van der Waals surface area contributed by atoms with Crippen LogP contribution in [0.3, 0.4) is 0 Å². The number of benzene rings is 2. The molecule has 3 aromatic rings. The maximum absolute atomic E-state index is 14.7. The third-order valence-corrected chi connectivity index (χ3v) is 6.41. The van der Waals surface area contributed by atoms with Crippen molar-refractivity contribution in [1.82, 2.24) is 18.9 Å². The molecule has 2 aromatic carbocycles. The minimum atomic E-state index is -1.07. The molecule has 1 saturated heterocycles. The second-order valence-electron chi connectivity index (χ2n) is 8.66. The van der Waals surface area contributed by atoms with E-state index in [0.717, 1.165) is 17.7 Å². The number of carbonyl (C=O) groups is 2. The topological polar surface area (TPSA) is 84.6 Å². The molecule has 8 nitrogen and oxygen atoms in total. The van der Waals surface area contributed by atoms with Crippen molar-refractivity contribution < 1.29 is 18.4 Å². The normalized spacial score (nSPS) is 14.9. The summed E-state index contributed by atoms with van der Waals surface area (Å²) in [4.78, 5) is 55.5. The van der Waals surface area contributed by atoms with Crippen molar-refractivity contribution in [2.45, 2.75) is 33.2 Å². The summed E-state index contributed by atoms with van der Waals surface area (Å²) in [6.45, 7) is 6.37. The monoisotopic (exact) mass is 484 g/mol. The minimum absolute atomic E-state index is 0.0740. The van der Waals surface area contributed by atoms with E-state index in [1.165, 1.54) is 11.5 Å². The van der Waals surface area contributed by atoms with Gasteiger partial charge in [0.15, 0.2) is 0 Å². The van der Waals surface area contributed by atoms with Crippen molar-refractivity contribution in [2.75, 3.05) is 26.2 Å². The molecule has 0 unspecified atom stereocenters. The zero-order chi connectivity index (χ0) is 25.4. The van der Waals surface area contributed by atoms with Crippen LogP contribution in [0, 0.1) is 18.6 Å². The van der Waals surface area contributed by atoms with E-state index in [4.69, 9.17) is 0 Å². The van der Waals surface area contributed by atoms with E-state index in [-0.39, 0.29) is 29.1 Å². The second-order valence-corrected chi connectivity index (χ2v) is 8.66. The highest BCUT2D eigenvalue weighted by atomic mass is 19.1. The van der Waals surface area contributed by atoms with Crippen molar-refractivity contribution in [1.29, 1.82) is 0 Å². The Morgan fingerprint density at radius 1 is 0.971 bits per heavy atom. The molecule has 0 spiro atoms. The Morgan fingerprint density at radius 3 is 2.23 bits per heavy atom. The standard InChI is InChI=1S/C25H26F2N4O4/c1-4-20(24(34)29-11-9-28(10-12-29)16(3)32)30-21-7-5-15(2)13-18(21)23(33)31(25(30)35)22-8-6-17(26)14-19(22)27/h5-8,13-14,20H,4,9-12H2,1-3H3/t20-/m1/s1. The van der Waals surface area contributed by atoms with Crippen molar-refractivity contribution >= 4 is 22.7 Å². The lowest BCUT2D eigenvalue weighted by Gasteiger charge is -2.36. The molecule has 0 radical (unpaired) electrons. The van der Waals surface area contributed by atoms with Crippen molar-refractivity contribution in [2.24, 2.45) is 0 Å². The first kappa shape index (κ1) is 24.3. The van der Waals surface area contributed by atoms with E-state index in [2.05, 4.69) is 0 Å². The van der Waals surface area contributed by atoms with Crippen LogP contribution in [-0.2, 0) is 9.59 Å². The molecule has 1 aliphatic rings. The van der Waals surface area contributed by atoms with Crippen LogP contribution in [0.5, 0.6) is 0 Å². The Kier molecular flexibility index (Phi) is 6.56. The molecule has 0 aliphatic carbocycles. The highest BCUT2D eigenvalue weighted by Crippen LogP contribution is 2.22. The molecule has 4 rings (SSSR count). The minimum Gasteiger partial charge on any atom is -0.339 e. The largest absolute Gasteiger partial charge is 0.339 e. The molecule has 1 aliphatic heterocycles. The fourth-order valence-electron chi connectivity index (χ4n) is 4.55. The molecule has 0 bridgehead atoms. The van der Waals surface area contributed by atoms with Crippen LogP contribution in [-0.4, -0.2) is 56.9 Å². The van der Waals surface area contributed by atoms with Crippen LogP contribution >= 0.6 is 0 Å². The number of halogens is 2. The van der Waals surface area contributed by atoms with E-state index in [0.29, 0.717) is 36.8 Å². The predicted octanol–water partition coefficient (Wildman–Crippen LogP) is 2.38. The number of fused-ring (bicyclic) bond motifs is 1. The third-order valence-electron chi connectivity index (χ3n) is 6.41. The van der Waals surface area contributed by atoms with E-state index < -0.39 is 34.6 Å². The van der Waals surface area contributed by atoms with Gasteiger partial charge in [-0.1, -0.05) is 18.6 Å². The fourth-order valence-corrected chi connectivity index (χ4v) is 4.55. The molecule has 184 valence electrons. The number of hydrogen-bond donors (Lipinski definition) is 0. The Bertz CT molecular complexity index is 1440. The van der Waals surface area contributed by atoms with Gasteiger partial charge in [-0.3, -0.25) is 19.0 Å². The summed E-state index contributed by atoms with van der Waals surface area (Å²) in [7, 11) is 0. The van der Waals surface area contributed by atoms with Gasteiger partial charge in [-0.25, -0.2) is 18.1 Å². The first-order chi connectivity index (χ1) is 16.6. The molecule has 1 atom stereocenters. The number of piperazine rings is 1. The van der Waals surface area contributed by atoms with Crippen molar-refractivity contribution in [3.8, 4) is 5.69 Å². The van der Waals surface area contributed by atoms with Crippen LogP contribution in [0.15, 0.2) is 46.0 Å². The summed E-state index contributed by atoms with van der Waals surface area (Å²) in [5.41, 5.74) is -1.04. The number of aryl methyl sites for hydroxylation is 1. The summed E-state index contributed by atoms with van der Waals surface area (Å²) in [5.74, 6) is -2.32. The summed E-state index contributed by atoms with van der Waals surface area (Å²) in [6.07, 6.45) is 0.235. The smallest absolute Gasteiger partial charge is 0.336 e. The Labute approximate surface area is 200 Å². The van der Waals surface area contributed by atoms with Crippen LogP contribution < -0.4 is 11.2 Å². The third kappa shape index (κ3) is 4.36. The van der Waals surface area contributed by atoms with Gasteiger partial charge in [-0.2, -0.15) is 0 Å². The molecule has 35 heavy (non-hydrogen) atoms. The lowest BCUT2D eigenvalue weighted by Crippen LogP contribution is -2.53. The number of amides is 2. The molecule has 0 saturated carbocycles. The number of aromatic nitrogens is 2. The van der Waals surface area contributed by atoms with Gasteiger partial charge >= 0.3 is 5.69 Å². The van der Waals surface area contributed by atoms with Gasteiger partial charge < -0.3 is 9.80 Å². The summed E-state index contributed by atoms with van der Waals surface area (Å²) < 4.78 is 30.1. The molecule has 10 heteroatoms. The average Bonchev–Trinajstić information content (AvgIpc) is 2.83. The number of rotatable bonds is 4. The Hall–Kier alpha value is -3.82. The highest BCUT2D eigenvalue weighted by molar-refractivity contribution is 5.85. The van der Waals surface area contributed by atoms with Crippen molar-refractivity contribution in [3.63, 3.8) is 0 Å². The second kappa shape index (κ2) is 9.44. The van der Waals surface area contributed by atoms with Gasteiger partial charge in [-0.15, -0.1) is 0 Å². The quantitative estimate of drug-likeness (QED) is 0.569. The Morgan fingerprint density at radius 2 is 1.63 bits per heavy atom. The van der Waals surface area contributed by atoms with Gasteiger partial charge in [0.05, 0.1) is 16.6 Å². The van der Waals surface area contributed by atoms with E-state index >= 15 is 0 Å². The summed E-state index contributed by atoms with van der Waals surface area (Å²) in [6, 6.07) is 6.53. The average molecular weight is 485 g/mol. The van der Waals surface area contributed by atoms with Gasteiger partial charge in [0.25, 0.3) is 5.56 Å². The lowest BCUT2D eigenvalue weighted by atomic mass is 10.1. The highest BCUT2D eigenvalue weighted by Gasteiger charge is 2.31. The van der Waals surface area contributed by atoms with Gasteiger partial charge in [0, 0.05) is 39.2 Å². The predicted molar refractivity (Wildman–Crippen MR) is 127 cm³/mol. The molecule has 1 fully saturated rings. The van der Waals surface area contributed by atoms with E-state index in [1.54, 1.807) is 41.8 Å². The van der Waals surface area contributed by atoms with Gasteiger partial charge in [-0.05, 0) is 37.6 Å². The van der Waals surface area contributed by atoms with E-state index in [1.807, 2.05) is 0 Å². The van der Waals surface area contributed by atoms with Gasteiger partial charge in [0.1, 0.15) is 17.7 Å². The first-order valence-electron chi connectivity index (χ1n) is 11.4. The number of nitrogens with zero attached hydrogens (tertiary/aromatic N) is 4. The van der Waals surface area contributed by atoms with Crippen LogP contribution in [0.4, 0.5) is 8.78 Å². The lowest BCUT2D eigenvalue weighted by molar-refractivity contribution is -0.140. The number of hydrogen-bond acceptors (Lipinski definition) is 4. The maximum Gasteiger partial charge on any atom is 0.336 e. The maximum atomic E-state index is 14.7. The Balaban J connectivity index is 1.90. The zero-order valence-electron chi connectivity index (χ0n) is 19.8. The summed E-state index contributed by atoms with van der Waals surface area (Å²) in [5, 5.41) is 0.140. The molecule has 2 amide bonds. The molecule has 1 aromatic heterocycles. The van der Waals surface area contributed by atoms with Crippen LogP contribution in [0.1, 0.15) is 31.9 Å². The van der Waals surface area contributed by atoms with Crippen molar-refractivity contribution in [3.05, 3.63) is 74.4 Å². The van der Waals surface area contributed by atoms with E-state index in [9.17, 15) is 28.0 Å². The van der Waals surface area contributed by atoms with Crippen LogP contribution in [0.2, 0.25) is 0 Å². The van der Waals surface area contributed by atoms with Gasteiger partial charge in [0.2, 0.25) is 11.8 Å². The SMILES string of the molecule is CC[C@H](C(=O)N1CCN(C(C)=O)CC1)n1c(=O)n(-c2ccc(F)cc2F)c(=O)c2cc(C)ccc21. The van der Waals surface area contributed by atoms with Crippen LogP contribution in [0.25, 0.3) is 16.6 Å².